The van der Waals surface area contributed by atoms with Crippen LogP contribution < -0.4 is 5.56 Å². The molecule has 0 aliphatic rings. The number of nitrogens with one attached hydrogen (secondary N) is 1. The van der Waals surface area contributed by atoms with Crippen molar-refractivity contribution < 1.29 is 4.39 Å². The van der Waals surface area contributed by atoms with Crippen molar-refractivity contribution in [2.24, 2.45) is 0 Å². The topological polar surface area (TPSA) is 50.7 Å². The highest BCUT2D eigenvalue weighted by atomic mass is 32.2. The second-order valence-corrected chi connectivity index (χ2v) is 7.44. The third-order valence-corrected chi connectivity index (χ3v) is 5.30. The Morgan fingerprint density at radius 3 is 2.63 bits per heavy atom. The third-order valence-electron chi connectivity index (χ3n) is 4.29. The number of aromatic amines is 1. The van der Waals surface area contributed by atoms with Gasteiger partial charge in [0.1, 0.15) is 11.3 Å². The van der Waals surface area contributed by atoms with Gasteiger partial charge in [-0.2, -0.15) is 0 Å². The molecule has 0 aliphatic heterocycles. The number of rotatable bonds is 4. The lowest BCUT2D eigenvalue weighted by molar-refractivity contribution is 0.627. The van der Waals surface area contributed by atoms with Gasteiger partial charge in [0, 0.05) is 11.4 Å². The first-order chi connectivity index (χ1) is 13.0. The standard InChI is InChI=1S/C21H18FN3OS/c1-13-4-3-5-15(10-13)12-27-21-24-18-11-14(2)23-19(18)20(26)25(21)17-8-6-16(22)7-9-17/h3-11,23H,12H2,1-2H3. The van der Waals surface area contributed by atoms with Crippen molar-refractivity contribution in [3.8, 4) is 5.69 Å². The quantitative estimate of drug-likeness (QED) is 0.411. The van der Waals surface area contributed by atoms with Gasteiger partial charge < -0.3 is 4.98 Å². The van der Waals surface area contributed by atoms with Crippen molar-refractivity contribution in [1.82, 2.24) is 14.5 Å². The monoisotopic (exact) mass is 379 g/mol. The fraction of sp³-hybridized carbons (Fsp3) is 0.143. The van der Waals surface area contributed by atoms with E-state index in [9.17, 15) is 9.18 Å². The Labute approximate surface area is 160 Å². The van der Waals surface area contributed by atoms with E-state index in [4.69, 9.17) is 4.98 Å². The van der Waals surface area contributed by atoms with Crippen LogP contribution in [0.25, 0.3) is 16.7 Å². The van der Waals surface area contributed by atoms with E-state index in [2.05, 4.69) is 30.1 Å². The molecule has 1 N–H and O–H groups in total. The highest BCUT2D eigenvalue weighted by molar-refractivity contribution is 7.98. The number of hydrogen-bond acceptors (Lipinski definition) is 3. The molecule has 4 nitrogen and oxygen atoms in total. The summed E-state index contributed by atoms with van der Waals surface area (Å²) in [6.45, 7) is 3.94. The molecule has 27 heavy (non-hydrogen) atoms. The maximum atomic E-state index is 13.4. The van der Waals surface area contributed by atoms with Crippen LogP contribution in [0.1, 0.15) is 16.8 Å². The summed E-state index contributed by atoms with van der Waals surface area (Å²) in [6, 6.07) is 16.0. The number of nitrogens with zero attached hydrogens (tertiary/aromatic N) is 2. The Morgan fingerprint density at radius 1 is 1.11 bits per heavy atom. The molecule has 0 spiro atoms. The van der Waals surface area contributed by atoms with Crippen LogP contribution in [-0.2, 0) is 5.75 Å². The van der Waals surface area contributed by atoms with E-state index in [0.717, 1.165) is 11.3 Å². The van der Waals surface area contributed by atoms with Gasteiger partial charge in [-0.15, -0.1) is 0 Å². The van der Waals surface area contributed by atoms with Gasteiger partial charge in [-0.1, -0.05) is 41.6 Å². The molecule has 0 saturated carbocycles. The highest BCUT2D eigenvalue weighted by Gasteiger charge is 2.15. The first kappa shape index (κ1) is 17.5. The van der Waals surface area contributed by atoms with Crippen molar-refractivity contribution in [3.63, 3.8) is 0 Å². The minimum absolute atomic E-state index is 0.188. The number of hydrogen-bond donors (Lipinski definition) is 1. The Balaban J connectivity index is 1.83. The normalized spacial score (nSPS) is 11.2. The molecule has 0 fully saturated rings. The Hall–Kier alpha value is -2.86. The first-order valence-corrected chi connectivity index (χ1v) is 9.56. The summed E-state index contributed by atoms with van der Waals surface area (Å²) in [5, 5.41) is 0.583. The summed E-state index contributed by atoms with van der Waals surface area (Å²) in [5.41, 5.74) is 4.72. The number of aryl methyl sites for hydroxylation is 2. The zero-order valence-corrected chi connectivity index (χ0v) is 15.8. The fourth-order valence-electron chi connectivity index (χ4n) is 3.04. The molecule has 0 amide bonds. The SMILES string of the molecule is Cc1cccc(CSc2nc3cc(C)[nH]c3c(=O)n2-c2ccc(F)cc2)c1. The molecule has 2 aromatic heterocycles. The molecule has 136 valence electrons. The Kier molecular flexibility index (Phi) is 4.58. The largest absolute Gasteiger partial charge is 0.353 e. The molecular formula is C21H18FN3OS. The molecule has 4 aromatic rings. The number of halogens is 1. The number of fused-ring (bicyclic) bond motifs is 1. The number of thioether (sulfide) groups is 1. The second kappa shape index (κ2) is 7.04. The fourth-order valence-corrected chi connectivity index (χ4v) is 4.00. The van der Waals surface area contributed by atoms with Crippen molar-refractivity contribution in [1.29, 1.82) is 0 Å². The molecule has 0 bridgehead atoms. The summed E-state index contributed by atoms with van der Waals surface area (Å²) in [4.78, 5) is 20.9. The maximum Gasteiger partial charge on any atom is 0.283 e. The van der Waals surface area contributed by atoms with Gasteiger partial charge in [0.05, 0.1) is 11.2 Å². The van der Waals surface area contributed by atoms with Crippen LogP contribution >= 0.6 is 11.8 Å². The third kappa shape index (κ3) is 3.53. The molecule has 2 aromatic carbocycles. The van der Waals surface area contributed by atoms with E-state index in [1.165, 1.54) is 34.0 Å². The predicted molar refractivity (Wildman–Crippen MR) is 107 cm³/mol. The number of aromatic nitrogens is 3. The number of H-pyrrole nitrogens is 1. The summed E-state index contributed by atoms with van der Waals surface area (Å²) in [7, 11) is 0. The van der Waals surface area contributed by atoms with Crippen LogP contribution in [0.15, 0.2) is 64.5 Å². The summed E-state index contributed by atoms with van der Waals surface area (Å²) in [5.74, 6) is 0.343. The van der Waals surface area contributed by atoms with Crippen LogP contribution in [0.2, 0.25) is 0 Å². The van der Waals surface area contributed by atoms with Crippen molar-refractivity contribution in [3.05, 3.63) is 87.6 Å². The van der Waals surface area contributed by atoms with Crippen LogP contribution in [0.5, 0.6) is 0 Å². The lowest BCUT2D eigenvalue weighted by Gasteiger charge is -2.12. The van der Waals surface area contributed by atoms with Crippen LogP contribution in [-0.4, -0.2) is 14.5 Å². The van der Waals surface area contributed by atoms with Crippen molar-refractivity contribution in [2.75, 3.05) is 0 Å². The lowest BCUT2D eigenvalue weighted by atomic mass is 10.2. The van der Waals surface area contributed by atoms with Crippen LogP contribution in [0.4, 0.5) is 4.39 Å². The lowest BCUT2D eigenvalue weighted by Crippen LogP contribution is -2.21. The smallest absolute Gasteiger partial charge is 0.283 e. The molecule has 0 radical (unpaired) electrons. The van der Waals surface area contributed by atoms with Crippen LogP contribution in [0, 0.1) is 19.7 Å². The summed E-state index contributed by atoms with van der Waals surface area (Å²) < 4.78 is 14.9. The van der Waals surface area contributed by atoms with Gasteiger partial charge >= 0.3 is 0 Å². The van der Waals surface area contributed by atoms with Gasteiger partial charge in [-0.3, -0.25) is 9.36 Å². The maximum absolute atomic E-state index is 13.4. The van der Waals surface area contributed by atoms with E-state index in [1.54, 1.807) is 12.1 Å². The minimum Gasteiger partial charge on any atom is -0.353 e. The molecular weight excluding hydrogens is 361 g/mol. The zero-order chi connectivity index (χ0) is 19.0. The van der Waals surface area contributed by atoms with Gasteiger partial charge in [0.25, 0.3) is 5.56 Å². The first-order valence-electron chi connectivity index (χ1n) is 8.58. The van der Waals surface area contributed by atoms with Gasteiger partial charge in [-0.25, -0.2) is 9.37 Å². The molecule has 0 aliphatic carbocycles. The number of benzene rings is 2. The van der Waals surface area contributed by atoms with Gasteiger partial charge in [0.15, 0.2) is 5.16 Å². The Bertz CT molecular complexity index is 1180. The van der Waals surface area contributed by atoms with Crippen LogP contribution in [0.3, 0.4) is 0 Å². The Morgan fingerprint density at radius 2 is 1.89 bits per heavy atom. The highest BCUT2D eigenvalue weighted by Crippen LogP contribution is 2.25. The summed E-state index contributed by atoms with van der Waals surface area (Å²) in [6.07, 6.45) is 0. The van der Waals surface area contributed by atoms with E-state index in [0.29, 0.717) is 27.6 Å². The average molecular weight is 379 g/mol. The van der Waals surface area contributed by atoms with Gasteiger partial charge in [0.2, 0.25) is 0 Å². The zero-order valence-electron chi connectivity index (χ0n) is 15.0. The van der Waals surface area contributed by atoms with Crippen molar-refractivity contribution >= 4 is 22.8 Å². The molecule has 4 rings (SSSR count). The molecule has 0 saturated heterocycles. The van der Waals surface area contributed by atoms with Gasteiger partial charge in [-0.05, 0) is 49.7 Å². The molecule has 0 unspecified atom stereocenters. The molecule has 2 heterocycles. The van der Waals surface area contributed by atoms with E-state index in [1.807, 2.05) is 19.1 Å². The summed E-state index contributed by atoms with van der Waals surface area (Å²) >= 11 is 1.49. The van der Waals surface area contributed by atoms with E-state index < -0.39 is 0 Å². The molecule has 6 heteroatoms. The minimum atomic E-state index is -0.342. The van der Waals surface area contributed by atoms with E-state index in [-0.39, 0.29) is 11.4 Å². The van der Waals surface area contributed by atoms with E-state index >= 15 is 0 Å². The average Bonchev–Trinajstić information content (AvgIpc) is 3.02. The van der Waals surface area contributed by atoms with Crippen molar-refractivity contribution in [2.45, 2.75) is 24.8 Å². The second-order valence-electron chi connectivity index (χ2n) is 6.50. The predicted octanol–water partition coefficient (Wildman–Crippen LogP) is 4.76. The molecule has 0 atom stereocenters.